The highest BCUT2D eigenvalue weighted by Gasteiger charge is 2.55. The van der Waals surface area contributed by atoms with Crippen LogP contribution >= 0.6 is 0 Å². The van der Waals surface area contributed by atoms with Crippen LogP contribution < -0.4 is 0 Å². The number of carboxylic acid groups (broad SMARTS) is 1. The van der Waals surface area contributed by atoms with Crippen molar-refractivity contribution in [2.24, 2.45) is 0 Å². The van der Waals surface area contributed by atoms with Crippen LogP contribution in [0.25, 0.3) is 0 Å². The summed E-state index contributed by atoms with van der Waals surface area (Å²) in [4.78, 5) is 24.0. The number of carbonyl (C=O) groups is 2. The largest absolute Gasteiger partial charge is 0.480 e. The van der Waals surface area contributed by atoms with Gasteiger partial charge in [-0.1, -0.05) is 19.3 Å². The first-order chi connectivity index (χ1) is 7.07. The fraction of sp³-hybridized carbons (Fsp3) is 0.818. The van der Waals surface area contributed by atoms with Gasteiger partial charge in [0.15, 0.2) is 0 Å². The lowest BCUT2D eigenvalue weighted by atomic mass is 9.69. The number of nitrogens with zero attached hydrogens (tertiary/aromatic N) is 1. The van der Waals surface area contributed by atoms with Crippen molar-refractivity contribution >= 4 is 11.9 Å². The van der Waals surface area contributed by atoms with Crippen LogP contribution in [-0.4, -0.2) is 33.5 Å². The zero-order valence-corrected chi connectivity index (χ0v) is 9.03. The van der Waals surface area contributed by atoms with Gasteiger partial charge in [-0.25, -0.2) is 4.79 Å². The van der Waals surface area contributed by atoms with E-state index in [1.807, 2.05) is 0 Å². The number of aliphatic carboxylic acids is 1. The lowest BCUT2D eigenvalue weighted by Gasteiger charge is -2.58. The normalized spacial score (nSPS) is 28.6. The zero-order chi connectivity index (χ0) is 11.1. The Morgan fingerprint density at radius 3 is 2.33 bits per heavy atom. The second-order valence-corrected chi connectivity index (χ2v) is 4.73. The van der Waals surface area contributed by atoms with Gasteiger partial charge in [0.05, 0.1) is 0 Å². The first kappa shape index (κ1) is 10.5. The molecular weight excluding hydrogens is 194 g/mol. The molecule has 84 valence electrons. The molecule has 1 unspecified atom stereocenters. The molecule has 0 aromatic heterocycles. The van der Waals surface area contributed by atoms with Crippen molar-refractivity contribution in [1.29, 1.82) is 0 Å². The second-order valence-electron chi connectivity index (χ2n) is 4.73. The third-order valence-corrected chi connectivity index (χ3v) is 3.80. The fourth-order valence-corrected chi connectivity index (χ4v) is 3.17. The van der Waals surface area contributed by atoms with Crippen molar-refractivity contribution in [3.05, 3.63) is 0 Å². The van der Waals surface area contributed by atoms with Gasteiger partial charge in [-0.3, -0.25) is 4.79 Å². The molecular formula is C11H17NO3. The van der Waals surface area contributed by atoms with Crippen molar-refractivity contribution in [2.75, 3.05) is 0 Å². The van der Waals surface area contributed by atoms with Crippen LogP contribution in [0.15, 0.2) is 0 Å². The molecule has 1 aliphatic heterocycles. The van der Waals surface area contributed by atoms with Crippen molar-refractivity contribution in [3.8, 4) is 0 Å². The van der Waals surface area contributed by atoms with E-state index in [0.29, 0.717) is 6.42 Å². The van der Waals surface area contributed by atoms with Crippen LogP contribution in [0.2, 0.25) is 0 Å². The first-order valence-corrected chi connectivity index (χ1v) is 5.59. The topological polar surface area (TPSA) is 57.6 Å². The van der Waals surface area contributed by atoms with Crippen molar-refractivity contribution < 1.29 is 14.7 Å². The molecule has 0 aromatic carbocycles. The molecule has 0 bridgehead atoms. The Labute approximate surface area is 89.3 Å². The summed E-state index contributed by atoms with van der Waals surface area (Å²) in [5, 5.41) is 8.97. The summed E-state index contributed by atoms with van der Waals surface area (Å²) in [5.41, 5.74) is -0.104. The van der Waals surface area contributed by atoms with Gasteiger partial charge in [0.1, 0.15) is 6.04 Å². The highest BCUT2D eigenvalue weighted by atomic mass is 16.4. The molecule has 1 saturated carbocycles. The van der Waals surface area contributed by atoms with Crippen LogP contribution in [0.1, 0.15) is 45.4 Å². The minimum atomic E-state index is -0.860. The minimum Gasteiger partial charge on any atom is -0.480 e. The van der Waals surface area contributed by atoms with E-state index in [1.54, 1.807) is 4.90 Å². The molecule has 15 heavy (non-hydrogen) atoms. The van der Waals surface area contributed by atoms with Crippen molar-refractivity contribution in [1.82, 2.24) is 4.90 Å². The number of amides is 1. The maximum atomic E-state index is 11.5. The van der Waals surface area contributed by atoms with Gasteiger partial charge >= 0.3 is 5.97 Å². The smallest absolute Gasteiger partial charge is 0.326 e. The molecule has 4 heteroatoms. The Balaban J connectivity index is 2.15. The SMILES string of the molecule is CC(=O)N1C(C(=O)O)CC12CCCCC2. The quantitative estimate of drug-likeness (QED) is 0.713. The van der Waals surface area contributed by atoms with Gasteiger partial charge in [0, 0.05) is 18.9 Å². The highest BCUT2D eigenvalue weighted by molar-refractivity contribution is 5.85. The Morgan fingerprint density at radius 2 is 1.87 bits per heavy atom. The summed E-state index contributed by atoms with van der Waals surface area (Å²) < 4.78 is 0. The average Bonchev–Trinajstić information content (AvgIpc) is 2.14. The first-order valence-electron chi connectivity index (χ1n) is 5.59. The van der Waals surface area contributed by atoms with E-state index in [-0.39, 0.29) is 11.4 Å². The Hall–Kier alpha value is -1.06. The molecule has 1 atom stereocenters. The summed E-state index contributed by atoms with van der Waals surface area (Å²) in [6, 6.07) is -0.569. The molecule has 1 saturated heterocycles. The lowest BCUT2D eigenvalue weighted by molar-refractivity contribution is -0.176. The van der Waals surface area contributed by atoms with Gasteiger partial charge in [0.25, 0.3) is 0 Å². The lowest BCUT2D eigenvalue weighted by Crippen LogP contribution is -2.70. The van der Waals surface area contributed by atoms with Crippen LogP contribution in [0.4, 0.5) is 0 Å². The molecule has 0 aromatic rings. The second kappa shape index (κ2) is 3.51. The van der Waals surface area contributed by atoms with E-state index in [1.165, 1.54) is 13.3 Å². The Kier molecular flexibility index (Phi) is 2.44. The zero-order valence-electron chi connectivity index (χ0n) is 9.03. The van der Waals surface area contributed by atoms with Crippen LogP contribution in [0, 0.1) is 0 Å². The molecule has 1 amide bonds. The number of carboxylic acids is 1. The van der Waals surface area contributed by atoms with E-state index in [2.05, 4.69) is 0 Å². The van der Waals surface area contributed by atoms with Gasteiger partial charge < -0.3 is 10.0 Å². The molecule has 1 heterocycles. The number of carbonyl (C=O) groups excluding carboxylic acids is 1. The summed E-state index contributed by atoms with van der Waals surface area (Å²) in [7, 11) is 0. The van der Waals surface area contributed by atoms with Gasteiger partial charge in [0.2, 0.25) is 5.91 Å². The number of hydrogen-bond acceptors (Lipinski definition) is 2. The van der Waals surface area contributed by atoms with Gasteiger partial charge in [-0.2, -0.15) is 0 Å². The standard InChI is InChI=1S/C11H17NO3/c1-8(13)12-9(10(14)15)7-11(12)5-3-2-4-6-11/h9H,2-7H2,1H3,(H,14,15). The van der Waals surface area contributed by atoms with E-state index in [4.69, 9.17) is 5.11 Å². The van der Waals surface area contributed by atoms with Gasteiger partial charge in [-0.15, -0.1) is 0 Å². The van der Waals surface area contributed by atoms with E-state index < -0.39 is 12.0 Å². The number of likely N-dealkylation sites (tertiary alicyclic amines) is 1. The number of rotatable bonds is 1. The van der Waals surface area contributed by atoms with Crippen molar-refractivity contribution in [2.45, 2.75) is 57.0 Å². The third kappa shape index (κ3) is 1.52. The average molecular weight is 211 g/mol. The molecule has 2 fully saturated rings. The number of hydrogen-bond donors (Lipinski definition) is 1. The van der Waals surface area contributed by atoms with Crippen LogP contribution in [0.5, 0.6) is 0 Å². The molecule has 4 nitrogen and oxygen atoms in total. The minimum absolute atomic E-state index is 0.0875. The summed E-state index contributed by atoms with van der Waals surface area (Å²) in [6.45, 7) is 1.48. The molecule has 2 aliphatic rings. The molecule has 1 spiro atoms. The molecule has 0 radical (unpaired) electrons. The molecule has 1 N–H and O–H groups in total. The molecule has 2 rings (SSSR count). The maximum Gasteiger partial charge on any atom is 0.326 e. The van der Waals surface area contributed by atoms with E-state index in [0.717, 1.165) is 25.7 Å². The van der Waals surface area contributed by atoms with Crippen LogP contribution in [-0.2, 0) is 9.59 Å². The fourth-order valence-electron chi connectivity index (χ4n) is 3.17. The Bertz CT molecular complexity index is 294. The predicted octanol–water partition coefficient (Wildman–Crippen LogP) is 1.39. The molecule has 1 aliphatic carbocycles. The van der Waals surface area contributed by atoms with E-state index in [9.17, 15) is 9.59 Å². The van der Waals surface area contributed by atoms with Gasteiger partial charge in [-0.05, 0) is 12.8 Å². The summed E-state index contributed by atoms with van der Waals surface area (Å²) in [5.74, 6) is -0.947. The van der Waals surface area contributed by atoms with Crippen LogP contribution in [0.3, 0.4) is 0 Å². The monoisotopic (exact) mass is 211 g/mol. The Morgan fingerprint density at radius 1 is 1.27 bits per heavy atom. The van der Waals surface area contributed by atoms with E-state index >= 15 is 0 Å². The third-order valence-electron chi connectivity index (χ3n) is 3.80. The summed E-state index contributed by atoms with van der Waals surface area (Å²) >= 11 is 0. The maximum absolute atomic E-state index is 11.5. The highest BCUT2D eigenvalue weighted by Crippen LogP contribution is 2.46. The predicted molar refractivity (Wildman–Crippen MR) is 54.4 cm³/mol. The van der Waals surface area contributed by atoms with Crippen molar-refractivity contribution in [3.63, 3.8) is 0 Å². The summed E-state index contributed by atoms with van der Waals surface area (Å²) in [6.07, 6.45) is 6.08.